The molecule has 130 valence electrons. The van der Waals surface area contributed by atoms with Gasteiger partial charge < -0.3 is 5.32 Å². The number of aryl methyl sites for hydroxylation is 2. The number of carbonyl (C=O) groups excluding carboxylic acids is 1. The summed E-state index contributed by atoms with van der Waals surface area (Å²) in [7, 11) is 0. The van der Waals surface area contributed by atoms with E-state index >= 15 is 0 Å². The summed E-state index contributed by atoms with van der Waals surface area (Å²) in [5.74, 6) is 0.0625. The predicted molar refractivity (Wildman–Crippen MR) is 101 cm³/mol. The largest absolute Gasteiger partial charge is 0.351 e. The van der Waals surface area contributed by atoms with Gasteiger partial charge in [-0.25, -0.2) is 0 Å². The molecule has 0 unspecified atom stereocenters. The molecule has 2 rings (SSSR count). The molecule has 0 spiro atoms. The van der Waals surface area contributed by atoms with Crippen LogP contribution in [0.3, 0.4) is 0 Å². The van der Waals surface area contributed by atoms with Crippen LogP contribution < -0.4 is 5.32 Å². The van der Waals surface area contributed by atoms with Gasteiger partial charge in [-0.15, -0.1) is 0 Å². The Bertz CT molecular complexity index is 754. The van der Waals surface area contributed by atoms with Gasteiger partial charge in [-0.05, 0) is 56.7 Å². The Morgan fingerprint density at radius 2 is 1.71 bits per heavy atom. The number of fused-ring (bicyclic) bond motifs is 1. The summed E-state index contributed by atoms with van der Waals surface area (Å²) in [5, 5.41) is 4.32. The lowest BCUT2D eigenvalue weighted by atomic mass is 9.81. The lowest BCUT2D eigenvalue weighted by Crippen LogP contribution is -2.46. The molecule has 1 aromatic carbocycles. The van der Waals surface area contributed by atoms with E-state index in [2.05, 4.69) is 57.9 Å². The summed E-state index contributed by atoms with van der Waals surface area (Å²) in [5.41, 5.74) is 4.08. The summed E-state index contributed by atoms with van der Waals surface area (Å²) in [6, 6.07) is 8.10. The number of benzene rings is 1. The van der Waals surface area contributed by atoms with Crippen molar-refractivity contribution < 1.29 is 4.79 Å². The highest BCUT2D eigenvalue weighted by Crippen LogP contribution is 2.27. The minimum atomic E-state index is -0.221. The fourth-order valence-corrected chi connectivity index (χ4v) is 3.78. The highest BCUT2D eigenvalue weighted by Gasteiger charge is 2.27. The second-order valence-electron chi connectivity index (χ2n) is 8.66. The first-order valence-electron chi connectivity index (χ1n) is 8.64. The summed E-state index contributed by atoms with van der Waals surface area (Å²) in [4.78, 5) is 17.3. The number of hydrogen-bond donors (Lipinski definition) is 1. The van der Waals surface area contributed by atoms with Crippen LogP contribution in [0.5, 0.6) is 0 Å². The Morgan fingerprint density at radius 3 is 2.33 bits per heavy atom. The molecule has 0 saturated heterocycles. The minimum Gasteiger partial charge on any atom is -0.351 e. The van der Waals surface area contributed by atoms with E-state index in [1.807, 2.05) is 25.1 Å². The molecular formula is C21H30N2O. The number of hydrogen-bond acceptors (Lipinski definition) is 2. The van der Waals surface area contributed by atoms with Crippen LogP contribution >= 0.6 is 0 Å². The molecular weight excluding hydrogens is 296 g/mol. The first-order chi connectivity index (χ1) is 11.0. The van der Waals surface area contributed by atoms with Gasteiger partial charge in [0, 0.05) is 16.6 Å². The molecule has 24 heavy (non-hydrogen) atoms. The zero-order chi connectivity index (χ0) is 18.1. The predicted octanol–water partition coefficient (Wildman–Crippen LogP) is 4.73. The van der Waals surface area contributed by atoms with Crippen LogP contribution in [0.1, 0.15) is 57.9 Å². The molecule has 1 aromatic heterocycles. The number of para-hydroxylation sites is 1. The van der Waals surface area contributed by atoms with Crippen molar-refractivity contribution >= 4 is 16.8 Å². The summed E-state index contributed by atoms with van der Waals surface area (Å²) < 4.78 is 0. The van der Waals surface area contributed by atoms with Gasteiger partial charge in [0.1, 0.15) is 0 Å². The maximum absolute atomic E-state index is 12.6. The zero-order valence-electron chi connectivity index (χ0n) is 16.1. The molecule has 0 radical (unpaired) electrons. The van der Waals surface area contributed by atoms with Crippen molar-refractivity contribution in [1.82, 2.24) is 10.3 Å². The zero-order valence-corrected chi connectivity index (χ0v) is 16.1. The summed E-state index contributed by atoms with van der Waals surface area (Å²) >= 11 is 0. The molecule has 3 heteroatoms. The second kappa shape index (κ2) is 6.54. The molecule has 0 bridgehead atoms. The smallest absolute Gasteiger partial charge is 0.224 e. The highest BCUT2D eigenvalue weighted by atomic mass is 16.1. The van der Waals surface area contributed by atoms with Crippen LogP contribution in [-0.4, -0.2) is 16.4 Å². The van der Waals surface area contributed by atoms with Gasteiger partial charge in [0.2, 0.25) is 5.91 Å². The Labute approximate surface area is 145 Å². The molecule has 0 saturated carbocycles. The van der Waals surface area contributed by atoms with Crippen molar-refractivity contribution in [2.45, 2.75) is 66.8 Å². The third-order valence-corrected chi connectivity index (χ3v) is 4.27. The highest BCUT2D eigenvalue weighted by molar-refractivity contribution is 5.86. The van der Waals surface area contributed by atoms with Crippen LogP contribution in [0.4, 0.5) is 0 Å². The van der Waals surface area contributed by atoms with Crippen LogP contribution in [-0.2, 0) is 11.2 Å². The third-order valence-electron chi connectivity index (χ3n) is 4.27. The van der Waals surface area contributed by atoms with E-state index in [9.17, 15) is 4.79 Å². The average molecular weight is 326 g/mol. The maximum atomic E-state index is 12.6. The number of amides is 1. The normalized spacial score (nSPS) is 12.5. The quantitative estimate of drug-likeness (QED) is 0.883. The Hall–Kier alpha value is -1.90. The van der Waals surface area contributed by atoms with E-state index in [4.69, 9.17) is 0 Å². The number of nitrogens with zero attached hydrogens (tertiary/aromatic N) is 1. The molecule has 0 aliphatic rings. The molecule has 0 aliphatic heterocycles. The second-order valence-corrected chi connectivity index (χ2v) is 8.66. The van der Waals surface area contributed by atoms with Crippen molar-refractivity contribution in [3.05, 3.63) is 41.1 Å². The van der Waals surface area contributed by atoms with Crippen molar-refractivity contribution in [1.29, 1.82) is 0 Å². The molecule has 1 N–H and O–H groups in total. The van der Waals surface area contributed by atoms with Gasteiger partial charge in [-0.2, -0.15) is 0 Å². The number of nitrogens with one attached hydrogen (secondary N) is 1. The van der Waals surface area contributed by atoms with Crippen LogP contribution in [0.15, 0.2) is 24.3 Å². The lowest BCUT2D eigenvalue weighted by Gasteiger charge is -2.33. The number of aromatic nitrogens is 1. The van der Waals surface area contributed by atoms with Crippen molar-refractivity contribution in [2.75, 3.05) is 0 Å². The summed E-state index contributed by atoms with van der Waals surface area (Å²) in [6.07, 6.45) is 1.31. The average Bonchev–Trinajstić information content (AvgIpc) is 2.40. The molecule has 0 fully saturated rings. The van der Waals surface area contributed by atoms with E-state index in [-0.39, 0.29) is 16.9 Å². The van der Waals surface area contributed by atoms with Crippen LogP contribution in [0.2, 0.25) is 0 Å². The van der Waals surface area contributed by atoms with Gasteiger partial charge in [0.15, 0.2) is 0 Å². The monoisotopic (exact) mass is 326 g/mol. The fourth-order valence-electron chi connectivity index (χ4n) is 3.78. The topological polar surface area (TPSA) is 42.0 Å². The van der Waals surface area contributed by atoms with E-state index in [1.165, 1.54) is 0 Å². The molecule has 2 aromatic rings. The fraction of sp³-hybridized carbons (Fsp3) is 0.524. The molecule has 1 amide bonds. The number of rotatable bonds is 4. The number of pyridine rings is 1. The van der Waals surface area contributed by atoms with Crippen LogP contribution in [0.25, 0.3) is 10.9 Å². The Morgan fingerprint density at radius 1 is 1.08 bits per heavy atom. The first-order valence-corrected chi connectivity index (χ1v) is 8.64. The molecule has 3 nitrogen and oxygen atoms in total. The van der Waals surface area contributed by atoms with Crippen LogP contribution in [0, 0.1) is 19.3 Å². The third kappa shape index (κ3) is 4.56. The van der Waals surface area contributed by atoms with Gasteiger partial charge in [0.25, 0.3) is 0 Å². The summed E-state index contributed by atoms with van der Waals surface area (Å²) in [6.45, 7) is 14.8. The van der Waals surface area contributed by atoms with Gasteiger partial charge in [0.05, 0.1) is 11.9 Å². The van der Waals surface area contributed by atoms with Crippen molar-refractivity contribution in [2.24, 2.45) is 5.41 Å². The minimum absolute atomic E-state index is 0.0625. The Kier molecular flexibility index (Phi) is 5.03. The maximum Gasteiger partial charge on any atom is 0.224 e. The van der Waals surface area contributed by atoms with E-state index in [0.29, 0.717) is 6.42 Å². The van der Waals surface area contributed by atoms with Crippen molar-refractivity contribution in [3.8, 4) is 0 Å². The van der Waals surface area contributed by atoms with Crippen molar-refractivity contribution in [3.63, 3.8) is 0 Å². The molecule has 0 atom stereocenters. The van der Waals surface area contributed by atoms with Gasteiger partial charge >= 0.3 is 0 Å². The standard InChI is InChI=1S/C21H30N2O/c1-14-16-10-8-9-11-18(16)22-15(2)17(14)12-19(24)23-21(6,7)13-20(3,4)5/h8-11H,12-13H2,1-7H3,(H,23,24). The Balaban J connectivity index is 2.22. The van der Waals surface area contributed by atoms with E-state index in [1.54, 1.807) is 0 Å². The molecule has 1 heterocycles. The van der Waals surface area contributed by atoms with E-state index < -0.39 is 0 Å². The lowest BCUT2D eigenvalue weighted by molar-refractivity contribution is -0.122. The molecule has 0 aliphatic carbocycles. The van der Waals surface area contributed by atoms with Gasteiger partial charge in [-0.3, -0.25) is 9.78 Å². The van der Waals surface area contributed by atoms with Gasteiger partial charge in [-0.1, -0.05) is 39.0 Å². The van der Waals surface area contributed by atoms with E-state index in [0.717, 1.165) is 34.1 Å². The SMILES string of the molecule is Cc1nc2ccccc2c(C)c1CC(=O)NC(C)(C)CC(C)(C)C. The first kappa shape index (κ1) is 18.4. The number of carbonyl (C=O) groups is 1.